The molecular weight excluding hydrogens is 330 g/mol. The van der Waals surface area contributed by atoms with E-state index in [9.17, 15) is 4.79 Å². The van der Waals surface area contributed by atoms with Crippen LogP contribution in [0.4, 0.5) is 5.69 Å². The Bertz CT molecular complexity index is 998. The normalized spacial score (nSPS) is 15.3. The monoisotopic (exact) mass is 349 g/mol. The molecule has 1 aliphatic heterocycles. The molecule has 1 saturated heterocycles. The van der Waals surface area contributed by atoms with Crippen LogP contribution in [0.3, 0.4) is 0 Å². The van der Waals surface area contributed by atoms with Crippen LogP contribution < -0.4 is 4.90 Å². The molecule has 0 bridgehead atoms. The molecule has 0 radical (unpaired) electrons. The maximum absolute atomic E-state index is 11.9. The lowest BCUT2D eigenvalue weighted by Crippen LogP contribution is -2.45. The Labute approximate surface area is 150 Å². The number of rotatable bonds is 3. The smallest absolute Gasteiger partial charge is 0.236 e. The molecule has 0 spiro atoms. The molecule has 0 aliphatic carbocycles. The van der Waals surface area contributed by atoms with Gasteiger partial charge in [0.05, 0.1) is 24.2 Å². The van der Waals surface area contributed by atoms with Crippen molar-refractivity contribution in [3.05, 3.63) is 24.7 Å². The van der Waals surface area contributed by atoms with Gasteiger partial charge in [-0.3, -0.25) is 4.79 Å². The number of nitrogens with zero attached hydrogens (tertiary/aromatic N) is 6. The van der Waals surface area contributed by atoms with Crippen LogP contribution in [0.25, 0.3) is 21.9 Å². The largest absolute Gasteiger partial charge is 0.370 e. The average Bonchev–Trinajstić information content (AvgIpc) is 3.16. The molecule has 1 fully saturated rings. The number of carbonyl (C=O) groups is 1. The first-order chi connectivity index (χ1) is 12.7. The minimum Gasteiger partial charge on any atom is -0.370 e. The third-order valence-corrected chi connectivity index (χ3v) is 5.14. The van der Waals surface area contributed by atoms with Gasteiger partial charge in [0, 0.05) is 43.1 Å². The number of hydrogen-bond acceptors (Lipinski definition) is 6. The van der Waals surface area contributed by atoms with Crippen LogP contribution in [0.5, 0.6) is 0 Å². The minimum atomic E-state index is -0.109. The fourth-order valence-corrected chi connectivity index (χ4v) is 3.68. The lowest BCUT2D eigenvalue weighted by Gasteiger charge is -2.37. The Morgan fingerprint density at radius 2 is 2.23 bits per heavy atom. The standard InChI is InChI=1S/C18H19N7O/c1-24(16(26)2-6-19)12-4-8-25(9-5-12)15-11-22-23-14-10-21-18-13(17(14)15)3-7-20-18/h3,7,10-12H,2,4-5,8-9H2,1H3,(H,20,21). The quantitative estimate of drug-likeness (QED) is 0.774. The predicted octanol–water partition coefficient (Wildman–Crippen LogP) is 1.85. The number of nitrogens with one attached hydrogen (secondary N) is 1. The Balaban J connectivity index is 1.60. The molecule has 1 N–H and O–H groups in total. The van der Waals surface area contributed by atoms with Gasteiger partial charge in [0.15, 0.2) is 0 Å². The van der Waals surface area contributed by atoms with E-state index in [0.29, 0.717) is 0 Å². The van der Waals surface area contributed by atoms with Gasteiger partial charge in [0.2, 0.25) is 5.91 Å². The summed E-state index contributed by atoms with van der Waals surface area (Å²) in [5, 5.41) is 19.2. The van der Waals surface area contributed by atoms with Crippen LogP contribution in [0.1, 0.15) is 19.3 Å². The van der Waals surface area contributed by atoms with E-state index in [2.05, 4.69) is 25.1 Å². The van der Waals surface area contributed by atoms with Gasteiger partial charge >= 0.3 is 0 Å². The minimum absolute atomic E-state index is 0.0614. The number of amides is 1. The molecular formula is C18H19N7O. The molecule has 0 aromatic carbocycles. The van der Waals surface area contributed by atoms with Crippen molar-refractivity contribution in [2.75, 3.05) is 25.0 Å². The number of pyridine rings is 1. The molecule has 8 heteroatoms. The van der Waals surface area contributed by atoms with Gasteiger partial charge in [-0.15, -0.1) is 5.10 Å². The molecule has 3 aromatic heterocycles. The highest BCUT2D eigenvalue weighted by Crippen LogP contribution is 2.32. The highest BCUT2D eigenvalue weighted by molar-refractivity contribution is 6.09. The summed E-state index contributed by atoms with van der Waals surface area (Å²) in [5.74, 6) is -0.109. The van der Waals surface area contributed by atoms with Crippen molar-refractivity contribution >= 4 is 33.5 Å². The van der Waals surface area contributed by atoms with E-state index in [1.165, 1.54) is 0 Å². The van der Waals surface area contributed by atoms with E-state index in [-0.39, 0.29) is 18.4 Å². The summed E-state index contributed by atoms with van der Waals surface area (Å²) in [4.78, 5) is 23.5. The molecule has 3 aromatic rings. The van der Waals surface area contributed by atoms with Gasteiger partial charge in [-0.05, 0) is 18.9 Å². The third kappa shape index (κ3) is 2.71. The van der Waals surface area contributed by atoms with Crippen LogP contribution in [-0.2, 0) is 4.79 Å². The second-order valence-electron chi connectivity index (χ2n) is 6.55. The van der Waals surface area contributed by atoms with Crippen LogP contribution in [-0.4, -0.2) is 57.2 Å². The van der Waals surface area contributed by atoms with Crippen LogP contribution in [0, 0.1) is 11.3 Å². The topological polar surface area (TPSA) is 102 Å². The molecule has 1 amide bonds. The predicted molar refractivity (Wildman–Crippen MR) is 97.4 cm³/mol. The second-order valence-corrected chi connectivity index (χ2v) is 6.55. The first-order valence-corrected chi connectivity index (χ1v) is 8.64. The lowest BCUT2D eigenvalue weighted by atomic mass is 10.0. The molecule has 132 valence electrons. The van der Waals surface area contributed by atoms with Crippen LogP contribution in [0.15, 0.2) is 24.7 Å². The van der Waals surface area contributed by atoms with E-state index in [1.54, 1.807) is 24.3 Å². The molecule has 26 heavy (non-hydrogen) atoms. The molecule has 4 heterocycles. The molecule has 0 atom stereocenters. The fourth-order valence-electron chi connectivity index (χ4n) is 3.68. The van der Waals surface area contributed by atoms with E-state index in [4.69, 9.17) is 5.26 Å². The number of nitriles is 1. The maximum Gasteiger partial charge on any atom is 0.236 e. The zero-order valence-electron chi connectivity index (χ0n) is 14.5. The first kappa shape index (κ1) is 16.3. The van der Waals surface area contributed by atoms with Crippen LogP contribution >= 0.6 is 0 Å². The second kappa shape index (κ2) is 6.59. The molecule has 0 unspecified atom stereocenters. The molecule has 4 rings (SSSR count). The lowest BCUT2D eigenvalue weighted by molar-refractivity contribution is -0.131. The van der Waals surface area contributed by atoms with Gasteiger partial charge in [-0.2, -0.15) is 10.4 Å². The summed E-state index contributed by atoms with van der Waals surface area (Å²) in [6, 6.07) is 4.11. The number of hydrogen-bond donors (Lipinski definition) is 1. The highest BCUT2D eigenvalue weighted by Gasteiger charge is 2.26. The Morgan fingerprint density at radius 1 is 1.42 bits per heavy atom. The van der Waals surface area contributed by atoms with Gasteiger partial charge in [0.1, 0.15) is 17.6 Å². The number of H-pyrrole nitrogens is 1. The van der Waals surface area contributed by atoms with Crippen molar-refractivity contribution in [2.45, 2.75) is 25.3 Å². The average molecular weight is 349 g/mol. The number of anilines is 1. The summed E-state index contributed by atoms with van der Waals surface area (Å²) in [6.45, 7) is 1.65. The van der Waals surface area contributed by atoms with Gasteiger partial charge in [0.25, 0.3) is 0 Å². The van der Waals surface area contributed by atoms with Gasteiger partial charge in [-0.25, -0.2) is 4.98 Å². The van der Waals surface area contributed by atoms with Gasteiger partial charge in [-0.1, -0.05) is 0 Å². The van der Waals surface area contributed by atoms with Crippen LogP contribution in [0.2, 0.25) is 0 Å². The first-order valence-electron chi connectivity index (χ1n) is 8.64. The number of aromatic amines is 1. The highest BCUT2D eigenvalue weighted by atomic mass is 16.2. The van der Waals surface area contributed by atoms with Crippen molar-refractivity contribution in [3.63, 3.8) is 0 Å². The van der Waals surface area contributed by atoms with E-state index in [1.807, 2.05) is 18.3 Å². The summed E-state index contributed by atoms with van der Waals surface area (Å²) in [6.07, 6.45) is 7.08. The van der Waals surface area contributed by atoms with Crippen molar-refractivity contribution in [1.82, 2.24) is 25.1 Å². The maximum atomic E-state index is 11.9. The van der Waals surface area contributed by atoms with Crippen molar-refractivity contribution < 1.29 is 4.79 Å². The van der Waals surface area contributed by atoms with Gasteiger partial charge < -0.3 is 14.8 Å². The number of piperidine rings is 1. The van der Waals surface area contributed by atoms with Crippen molar-refractivity contribution in [1.29, 1.82) is 5.26 Å². The van der Waals surface area contributed by atoms with E-state index in [0.717, 1.165) is 53.6 Å². The Kier molecular flexibility index (Phi) is 4.13. The zero-order valence-corrected chi connectivity index (χ0v) is 14.5. The number of carbonyl (C=O) groups excluding carboxylic acids is 1. The number of fused-ring (bicyclic) bond motifs is 3. The zero-order chi connectivity index (χ0) is 18.1. The van der Waals surface area contributed by atoms with Crippen molar-refractivity contribution in [2.24, 2.45) is 0 Å². The Hall–Kier alpha value is -3.21. The van der Waals surface area contributed by atoms with E-state index < -0.39 is 0 Å². The fraction of sp³-hybridized carbons (Fsp3) is 0.389. The van der Waals surface area contributed by atoms with E-state index >= 15 is 0 Å². The summed E-state index contributed by atoms with van der Waals surface area (Å²) in [5.41, 5.74) is 2.66. The van der Waals surface area contributed by atoms with Crippen molar-refractivity contribution in [3.8, 4) is 6.07 Å². The molecule has 8 nitrogen and oxygen atoms in total. The molecule has 0 saturated carbocycles. The number of aromatic nitrogens is 4. The summed E-state index contributed by atoms with van der Waals surface area (Å²) >= 11 is 0. The SMILES string of the molecule is CN(C(=O)CC#N)C1CCN(c2cnnc3cnc4[nH]ccc4c23)CC1. The Morgan fingerprint density at radius 3 is 3.00 bits per heavy atom. The summed E-state index contributed by atoms with van der Waals surface area (Å²) < 4.78 is 0. The third-order valence-electron chi connectivity index (χ3n) is 5.14. The molecule has 1 aliphatic rings. The summed E-state index contributed by atoms with van der Waals surface area (Å²) in [7, 11) is 1.79.